The monoisotopic (exact) mass is 1050 g/mol. The molecule has 2 fully saturated rings. The number of esters is 2. The number of pyridine rings is 2. The summed E-state index contributed by atoms with van der Waals surface area (Å²) < 4.78 is 33.1. The van der Waals surface area contributed by atoms with Crippen molar-refractivity contribution in [3.05, 3.63) is 108 Å². The first-order valence-corrected chi connectivity index (χ1v) is 24.9. The molecule has 0 saturated carbocycles. The third kappa shape index (κ3) is 16.5. The molecule has 6 rings (SSSR count). The molecule has 2 saturated heterocycles. The number of nitrogens with one attached hydrogen (secondary N) is 4. The van der Waals surface area contributed by atoms with Crippen molar-refractivity contribution in [3.63, 3.8) is 0 Å². The van der Waals surface area contributed by atoms with Gasteiger partial charge in [-0.15, -0.1) is 0 Å². The molecule has 0 spiro atoms. The van der Waals surface area contributed by atoms with E-state index in [4.69, 9.17) is 28.1 Å². The molecule has 24 heteroatoms. The lowest BCUT2D eigenvalue weighted by molar-refractivity contribution is -0.168. The Kier molecular flexibility index (Phi) is 20.8. The maximum atomic E-state index is 13.7. The summed E-state index contributed by atoms with van der Waals surface area (Å²) in [6.45, 7) is 8.85. The quantitative estimate of drug-likeness (QED) is 0.0353. The smallest absolute Gasteiger partial charge is 0.508 e. The van der Waals surface area contributed by atoms with Crippen molar-refractivity contribution in [2.75, 3.05) is 13.2 Å². The highest BCUT2D eigenvalue weighted by Crippen LogP contribution is 2.23. The number of nitrogens with zero attached hydrogens (tertiary/aromatic N) is 2. The molecule has 2 aliphatic heterocycles. The molecule has 0 bridgehead atoms. The van der Waals surface area contributed by atoms with Crippen molar-refractivity contribution in [1.82, 2.24) is 31.2 Å². The fourth-order valence-corrected chi connectivity index (χ4v) is 8.18. The second-order valence-corrected chi connectivity index (χ2v) is 19.1. The lowest BCUT2D eigenvalue weighted by atomic mass is 9.72. The number of hydrogen-bond acceptors (Lipinski definition) is 18. The van der Waals surface area contributed by atoms with Crippen LogP contribution in [0.4, 0.5) is 0 Å². The highest BCUT2D eigenvalue weighted by molar-refractivity contribution is 6.50. The Balaban J connectivity index is 1.01. The second kappa shape index (κ2) is 27.3. The van der Waals surface area contributed by atoms with E-state index >= 15 is 0 Å². The molecule has 4 amide bonds. The number of rotatable bonds is 23. The van der Waals surface area contributed by atoms with Gasteiger partial charge in [0.25, 0.3) is 23.8 Å². The number of carbonyl (C=O) groups excluding carboxylic acids is 8. The van der Waals surface area contributed by atoms with Gasteiger partial charge in [-0.25, -0.2) is 19.6 Å². The Labute approximate surface area is 440 Å². The first kappa shape index (κ1) is 57.7. The zero-order valence-corrected chi connectivity index (χ0v) is 42.9. The largest absolute Gasteiger partial charge is 0.551 e. The van der Waals surface area contributed by atoms with Crippen LogP contribution >= 0.6 is 0 Å². The molecule has 2 aromatic heterocycles. The highest BCUT2D eigenvalue weighted by atomic mass is 16.7. The van der Waals surface area contributed by atoms with Gasteiger partial charge >= 0.3 is 26.2 Å². The molecule has 2 aromatic carbocycles. The summed E-state index contributed by atoms with van der Waals surface area (Å²) in [6, 6.07) is 24.9. The first-order chi connectivity index (χ1) is 36.3. The molecular formula is C52H62B2N6O16. The molecule has 0 radical (unpaired) electrons. The summed E-state index contributed by atoms with van der Waals surface area (Å²) in [5, 5.41) is 31.7. The fourth-order valence-electron chi connectivity index (χ4n) is 8.18. The minimum atomic E-state index is -1.52. The van der Waals surface area contributed by atoms with Gasteiger partial charge in [0, 0.05) is 11.1 Å². The Morgan fingerprint density at radius 2 is 0.921 bits per heavy atom. The summed E-state index contributed by atoms with van der Waals surface area (Å²) in [5.41, 5.74) is 2.51. The Bertz CT molecular complexity index is 2500. The average Bonchev–Trinajstić information content (AvgIpc) is 3.39. The van der Waals surface area contributed by atoms with Crippen LogP contribution in [0.5, 0.6) is 0 Å². The van der Waals surface area contributed by atoms with E-state index in [-0.39, 0.29) is 36.1 Å². The summed E-state index contributed by atoms with van der Waals surface area (Å²) in [4.78, 5) is 115. The van der Waals surface area contributed by atoms with Gasteiger partial charge in [0.15, 0.2) is 12.2 Å². The zero-order chi connectivity index (χ0) is 55.1. The van der Waals surface area contributed by atoms with Crippen molar-refractivity contribution in [2.45, 2.75) is 116 Å². The molecule has 0 aliphatic carbocycles. The van der Waals surface area contributed by atoms with Gasteiger partial charge in [0.2, 0.25) is 11.8 Å². The van der Waals surface area contributed by atoms with E-state index in [2.05, 4.69) is 31.2 Å². The van der Waals surface area contributed by atoms with Crippen molar-refractivity contribution < 1.29 is 76.7 Å². The molecule has 6 N–H and O–H groups in total. The lowest BCUT2D eigenvalue weighted by Crippen LogP contribution is -2.60. The van der Waals surface area contributed by atoms with Crippen LogP contribution in [0.25, 0.3) is 22.5 Å². The van der Waals surface area contributed by atoms with Crippen LogP contribution in [-0.2, 0) is 56.9 Å². The number of aliphatic hydroxyl groups is 2. The minimum absolute atomic E-state index is 0.0117. The summed E-state index contributed by atoms with van der Waals surface area (Å²) in [7, 11) is -3.01. The first-order valence-electron chi connectivity index (χ1n) is 24.9. The van der Waals surface area contributed by atoms with E-state index < -0.39 is 136 Å². The van der Waals surface area contributed by atoms with E-state index in [1.54, 1.807) is 24.3 Å². The van der Waals surface area contributed by atoms with E-state index in [0.29, 0.717) is 11.4 Å². The number of hydrogen-bond donors (Lipinski definition) is 6. The number of amides is 4. The molecule has 4 heterocycles. The maximum Gasteiger partial charge on any atom is 0.551 e. The van der Waals surface area contributed by atoms with Crippen molar-refractivity contribution >= 4 is 61.7 Å². The SMILES string of the molecule is CC(C)C[C@H](NC(=O)[C@@H](NC(=O)c1cccc(-c2ccccc2)n1)[C@@H](C)O)B1OC(=O)CC(C(=O)OCCOC(=O)[C@@H]2CC(=O)OB([C@H](CC(C)C)NC(=O)[C@@H](NC(=O)c3cccc(-c4ccccc4)n3)[C@@H](C)O)O2)O1. The van der Waals surface area contributed by atoms with Gasteiger partial charge in [-0.1, -0.05) is 100 Å². The summed E-state index contributed by atoms with van der Waals surface area (Å²) in [5.74, 6) is -9.32. The molecule has 22 nitrogen and oxygen atoms in total. The molecule has 8 atom stereocenters. The van der Waals surface area contributed by atoms with E-state index in [0.717, 1.165) is 11.1 Å². The molecule has 2 aliphatic rings. The van der Waals surface area contributed by atoms with Crippen molar-refractivity contribution in [1.29, 1.82) is 0 Å². The predicted molar refractivity (Wildman–Crippen MR) is 273 cm³/mol. The average molecular weight is 1050 g/mol. The Morgan fingerprint density at radius 3 is 1.26 bits per heavy atom. The van der Waals surface area contributed by atoms with Gasteiger partial charge in [-0.3, -0.25) is 28.8 Å². The van der Waals surface area contributed by atoms with Gasteiger partial charge < -0.3 is 59.6 Å². The van der Waals surface area contributed by atoms with Gasteiger partial charge in [0.05, 0.1) is 48.3 Å². The normalized spacial score (nSPS) is 17.9. The number of aliphatic hydroxyl groups excluding tert-OH is 2. The molecule has 76 heavy (non-hydrogen) atoms. The van der Waals surface area contributed by atoms with Crippen LogP contribution in [0.15, 0.2) is 97.1 Å². The number of aromatic nitrogens is 2. The zero-order valence-electron chi connectivity index (χ0n) is 42.9. The number of carbonyl (C=O) groups is 8. The van der Waals surface area contributed by atoms with E-state index in [1.807, 2.05) is 88.4 Å². The van der Waals surface area contributed by atoms with Gasteiger partial charge in [-0.05, 0) is 62.8 Å². The Morgan fingerprint density at radius 1 is 0.553 bits per heavy atom. The van der Waals surface area contributed by atoms with Crippen LogP contribution in [0.1, 0.15) is 88.2 Å². The van der Waals surface area contributed by atoms with Crippen LogP contribution in [0, 0.1) is 11.8 Å². The van der Waals surface area contributed by atoms with Gasteiger partial charge in [-0.2, -0.15) is 0 Å². The maximum absolute atomic E-state index is 13.7. The topological polar surface area (TPSA) is 306 Å². The molecule has 1 unspecified atom stereocenters. The van der Waals surface area contributed by atoms with Gasteiger partial charge in [0.1, 0.15) is 36.7 Å². The number of benzene rings is 2. The molecular weight excluding hydrogens is 986 g/mol. The van der Waals surface area contributed by atoms with Crippen LogP contribution < -0.4 is 21.3 Å². The van der Waals surface area contributed by atoms with Crippen molar-refractivity contribution in [2.24, 2.45) is 11.8 Å². The number of ether oxygens (including phenoxy) is 2. The van der Waals surface area contributed by atoms with E-state index in [9.17, 15) is 48.6 Å². The van der Waals surface area contributed by atoms with Crippen LogP contribution in [0.2, 0.25) is 0 Å². The third-order valence-electron chi connectivity index (χ3n) is 11.9. The fraction of sp³-hybridized carbons (Fsp3) is 0.423. The summed E-state index contributed by atoms with van der Waals surface area (Å²) in [6.07, 6.45) is -6.62. The third-order valence-corrected chi connectivity index (χ3v) is 11.9. The van der Waals surface area contributed by atoms with Crippen LogP contribution in [0.3, 0.4) is 0 Å². The second-order valence-electron chi connectivity index (χ2n) is 19.1. The Hall–Kier alpha value is -7.53. The van der Waals surface area contributed by atoms with Crippen molar-refractivity contribution in [3.8, 4) is 22.5 Å². The van der Waals surface area contributed by atoms with E-state index in [1.165, 1.54) is 26.0 Å². The molecule has 402 valence electrons. The lowest BCUT2D eigenvalue weighted by Gasteiger charge is -2.33. The highest BCUT2D eigenvalue weighted by Gasteiger charge is 2.47. The molecule has 4 aromatic rings. The van der Waals surface area contributed by atoms with Crippen LogP contribution in [-0.4, -0.2) is 144 Å². The predicted octanol–water partition coefficient (Wildman–Crippen LogP) is 2.34. The summed E-state index contributed by atoms with van der Waals surface area (Å²) >= 11 is 0. The minimum Gasteiger partial charge on any atom is -0.508 e. The standard InChI is InChI=1S/C52H62B2N6O16/c1-29(2)25-41(57-49(67)45(31(5)61)59-47(65)37-21-13-19-35(55-37)33-15-9-7-10-16-33)53-73-39(27-43(63)75-53)51(69)71-23-24-72-52(70)40-28-44(64)76-54(74-40)42(26-30(3)4)58-50(68)46(32(6)62)60-48(66)38-22-14-20-36(56-38)34-17-11-8-12-18-34/h7-22,29-32,39-42,45-46,61-62H,23-28H2,1-6H3,(H,57,67)(H,58,68)(H,59,65)(H,60,66)/t31-,32-,39+,40?,41+,42+,45+,46+/m1/s1.